The zero-order valence-corrected chi connectivity index (χ0v) is 11.5. The third kappa shape index (κ3) is 2.28. The molecule has 0 N–H and O–H groups in total. The third-order valence-electron chi connectivity index (χ3n) is 3.18. The molecule has 0 aliphatic carbocycles. The SMILES string of the molecule is Cn1c(C=O)nnc1Cc1ccc2ncc(Cl)cc2c1. The second kappa shape index (κ2) is 5.02. The first-order valence-electron chi connectivity index (χ1n) is 6.05. The van der Waals surface area contributed by atoms with Crippen molar-refractivity contribution in [1.29, 1.82) is 0 Å². The zero-order valence-electron chi connectivity index (χ0n) is 10.7. The molecule has 2 aromatic heterocycles. The predicted octanol–water partition coefficient (Wildman–Crippen LogP) is 2.42. The molecule has 3 aromatic rings. The topological polar surface area (TPSA) is 60.7 Å². The Balaban J connectivity index is 1.97. The van der Waals surface area contributed by atoms with Crippen molar-refractivity contribution in [3.8, 4) is 0 Å². The molecule has 0 bridgehead atoms. The van der Waals surface area contributed by atoms with Crippen LogP contribution in [0.5, 0.6) is 0 Å². The Bertz CT molecular complexity index is 797. The van der Waals surface area contributed by atoms with Crippen molar-refractivity contribution in [3.63, 3.8) is 0 Å². The Morgan fingerprint density at radius 1 is 1.30 bits per heavy atom. The highest BCUT2D eigenvalue weighted by atomic mass is 35.5. The average molecular weight is 287 g/mol. The minimum Gasteiger partial charge on any atom is -0.312 e. The molecular weight excluding hydrogens is 276 g/mol. The predicted molar refractivity (Wildman–Crippen MR) is 75.9 cm³/mol. The van der Waals surface area contributed by atoms with E-state index in [0.717, 1.165) is 22.3 Å². The molecule has 6 heteroatoms. The monoisotopic (exact) mass is 286 g/mol. The van der Waals surface area contributed by atoms with E-state index in [-0.39, 0.29) is 0 Å². The normalized spacial score (nSPS) is 10.9. The molecule has 0 spiro atoms. The molecule has 0 amide bonds. The summed E-state index contributed by atoms with van der Waals surface area (Å²) in [7, 11) is 1.78. The van der Waals surface area contributed by atoms with E-state index in [4.69, 9.17) is 11.6 Å². The minimum absolute atomic E-state index is 0.325. The van der Waals surface area contributed by atoms with Crippen LogP contribution in [0.2, 0.25) is 5.02 Å². The summed E-state index contributed by atoms with van der Waals surface area (Å²) in [6.45, 7) is 0. The van der Waals surface area contributed by atoms with Crippen LogP contribution < -0.4 is 0 Å². The van der Waals surface area contributed by atoms with Crippen molar-refractivity contribution in [2.75, 3.05) is 0 Å². The number of pyridine rings is 1. The summed E-state index contributed by atoms with van der Waals surface area (Å²) in [6.07, 6.45) is 2.92. The molecular formula is C14H11ClN4O. The maximum Gasteiger partial charge on any atom is 0.196 e. The average Bonchev–Trinajstić information content (AvgIpc) is 2.79. The number of rotatable bonds is 3. The van der Waals surface area contributed by atoms with Gasteiger partial charge >= 0.3 is 0 Å². The number of benzene rings is 1. The first kappa shape index (κ1) is 12.7. The van der Waals surface area contributed by atoms with E-state index >= 15 is 0 Å². The lowest BCUT2D eigenvalue weighted by Crippen LogP contribution is -2.02. The largest absolute Gasteiger partial charge is 0.312 e. The van der Waals surface area contributed by atoms with Gasteiger partial charge in [0.15, 0.2) is 12.1 Å². The number of hydrogen-bond donors (Lipinski definition) is 0. The number of carbonyl (C=O) groups excluding carboxylic acids is 1. The molecule has 0 saturated heterocycles. The number of halogens is 1. The first-order chi connectivity index (χ1) is 9.67. The van der Waals surface area contributed by atoms with Crippen LogP contribution in [0.1, 0.15) is 22.0 Å². The fraction of sp³-hybridized carbons (Fsp3) is 0.143. The Hall–Kier alpha value is -2.27. The molecule has 0 atom stereocenters. The van der Waals surface area contributed by atoms with E-state index in [9.17, 15) is 4.79 Å². The number of aromatic nitrogens is 4. The van der Waals surface area contributed by atoms with E-state index in [1.165, 1.54) is 0 Å². The highest BCUT2D eigenvalue weighted by Crippen LogP contribution is 2.19. The number of fused-ring (bicyclic) bond motifs is 1. The Morgan fingerprint density at radius 2 is 2.15 bits per heavy atom. The molecule has 100 valence electrons. The summed E-state index contributed by atoms with van der Waals surface area (Å²) >= 11 is 5.95. The summed E-state index contributed by atoms with van der Waals surface area (Å²) in [4.78, 5) is 15.0. The highest BCUT2D eigenvalue weighted by Gasteiger charge is 2.09. The molecule has 3 rings (SSSR count). The van der Waals surface area contributed by atoms with Gasteiger partial charge in [-0.25, -0.2) is 0 Å². The van der Waals surface area contributed by atoms with Gasteiger partial charge in [0.25, 0.3) is 0 Å². The number of hydrogen-bond acceptors (Lipinski definition) is 4. The maximum atomic E-state index is 10.8. The van der Waals surface area contributed by atoms with Gasteiger partial charge in [-0.05, 0) is 23.8 Å². The van der Waals surface area contributed by atoms with Crippen LogP contribution in [0, 0.1) is 0 Å². The minimum atomic E-state index is 0.325. The molecule has 0 fully saturated rings. The van der Waals surface area contributed by atoms with Gasteiger partial charge in [-0.2, -0.15) is 0 Å². The van der Waals surface area contributed by atoms with Gasteiger partial charge in [-0.3, -0.25) is 9.78 Å². The summed E-state index contributed by atoms with van der Waals surface area (Å²) in [6, 6.07) is 7.82. The van der Waals surface area contributed by atoms with E-state index < -0.39 is 0 Å². The van der Waals surface area contributed by atoms with E-state index in [1.54, 1.807) is 17.8 Å². The van der Waals surface area contributed by atoms with Gasteiger partial charge in [0.05, 0.1) is 10.5 Å². The molecule has 0 unspecified atom stereocenters. The van der Waals surface area contributed by atoms with Crippen LogP contribution in [0.15, 0.2) is 30.5 Å². The summed E-state index contributed by atoms with van der Waals surface area (Å²) in [5.74, 6) is 1.06. The lowest BCUT2D eigenvalue weighted by atomic mass is 10.1. The van der Waals surface area contributed by atoms with Gasteiger partial charge < -0.3 is 4.57 Å². The molecule has 0 aliphatic rings. The van der Waals surface area contributed by atoms with E-state index in [2.05, 4.69) is 15.2 Å². The number of carbonyl (C=O) groups is 1. The molecule has 2 heterocycles. The van der Waals surface area contributed by atoms with Crippen LogP contribution in [-0.2, 0) is 13.5 Å². The lowest BCUT2D eigenvalue weighted by molar-refractivity contribution is 0.111. The van der Waals surface area contributed by atoms with Crippen LogP contribution in [0.25, 0.3) is 10.9 Å². The highest BCUT2D eigenvalue weighted by molar-refractivity contribution is 6.31. The smallest absolute Gasteiger partial charge is 0.196 e. The van der Waals surface area contributed by atoms with Crippen molar-refractivity contribution in [1.82, 2.24) is 19.7 Å². The van der Waals surface area contributed by atoms with Crippen molar-refractivity contribution in [3.05, 3.63) is 52.7 Å². The van der Waals surface area contributed by atoms with E-state index in [0.29, 0.717) is 23.6 Å². The van der Waals surface area contributed by atoms with Gasteiger partial charge in [-0.15, -0.1) is 10.2 Å². The van der Waals surface area contributed by atoms with Crippen LogP contribution in [0.4, 0.5) is 0 Å². The Morgan fingerprint density at radius 3 is 2.90 bits per heavy atom. The maximum absolute atomic E-state index is 10.8. The van der Waals surface area contributed by atoms with Crippen molar-refractivity contribution in [2.45, 2.75) is 6.42 Å². The second-order valence-corrected chi connectivity index (χ2v) is 4.95. The first-order valence-corrected chi connectivity index (χ1v) is 6.43. The number of aldehydes is 1. The fourth-order valence-electron chi connectivity index (χ4n) is 2.08. The van der Waals surface area contributed by atoms with Gasteiger partial charge in [0, 0.05) is 25.1 Å². The van der Waals surface area contributed by atoms with Crippen molar-refractivity contribution in [2.24, 2.45) is 7.05 Å². The van der Waals surface area contributed by atoms with Crippen LogP contribution in [0.3, 0.4) is 0 Å². The lowest BCUT2D eigenvalue weighted by Gasteiger charge is -2.04. The third-order valence-corrected chi connectivity index (χ3v) is 3.39. The van der Waals surface area contributed by atoms with Crippen LogP contribution >= 0.6 is 11.6 Å². The molecule has 0 saturated carbocycles. The molecule has 1 aromatic carbocycles. The van der Waals surface area contributed by atoms with Crippen molar-refractivity contribution < 1.29 is 4.79 Å². The van der Waals surface area contributed by atoms with Crippen LogP contribution in [-0.4, -0.2) is 26.0 Å². The van der Waals surface area contributed by atoms with Gasteiger partial charge in [-0.1, -0.05) is 17.7 Å². The Labute approximate surface area is 120 Å². The Kier molecular flexibility index (Phi) is 3.20. The molecule has 5 nitrogen and oxygen atoms in total. The molecule has 0 radical (unpaired) electrons. The molecule has 0 aliphatic heterocycles. The van der Waals surface area contributed by atoms with Gasteiger partial charge in [0.1, 0.15) is 5.82 Å². The summed E-state index contributed by atoms with van der Waals surface area (Å²) < 4.78 is 1.69. The summed E-state index contributed by atoms with van der Waals surface area (Å²) in [5, 5.41) is 9.43. The van der Waals surface area contributed by atoms with Gasteiger partial charge in [0.2, 0.25) is 0 Å². The molecule has 20 heavy (non-hydrogen) atoms. The number of nitrogens with zero attached hydrogens (tertiary/aromatic N) is 4. The quantitative estimate of drug-likeness (QED) is 0.694. The van der Waals surface area contributed by atoms with E-state index in [1.807, 2.05) is 24.3 Å². The zero-order chi connectivity index (χ0) is 14.1. The fourth-order valence-corrected chi connectivity index (χ4v) is 2.24. The van der Waals surface area contributed by atoms with Crippen molar-refractivity contribution >= 4 is 28.8 Å². The second-order valence-electron chi connectivity index (χ2n) is 4.51. The summed E-state index contributed by atoms with van der Waals surface area (Å²) in [5.41, 5.74) is 1.96. The standard InChI is InChI=1S/C14H11ClN4O/c1-19-13(17-18-14(19)8-20)5-9-2-3-12-10(4-9)6-11(15)7-16-12/h2-4,6-8H,5H2,1H3.